The molecule has 4 rings (SSSR count). The number of nitrogens with one attached hydrogen (secondary N) is 2. The number of carbonyl (C=O) groups is 2. The second-order valence-corrected chi connectivity index (χ2v) is 11.8. The summed E-state index contributed by atoms with van der Waals surface area (Å²) >= 11 is 0. The largest absolute Gasteiger partial charge is 0.481 e. The average molecular weight is 559 g/mol. The van der Waals surface area contributed by atoms with Crippen molar-refractivity contribution in [3.63, 3.8) is 0 Å². The van der Waals surface area contributed by atoms with E-state index in [9.17, 15) is 32.3 Å². The minimum atomic E-state index is -4.13. The summed E-state index contributed by atoms with van der Waals surface area (Å²) in [5.74, 6) is -1.66. The molecule has 0 unspecified atom stereocenters. The predicted octanol–water partition coefficient (Wildman–Crippen LogP) is 4.19. The topological polar surface area (TPSA) is 153 Å². The number of aromatic nitrogens is 2. The van der Waals surface area contributed by atoms with Gasteiger partial charge in [0.05, 0.1) is 22.7 Å². The van der Waals surface area contributed by atoms with Gasteiger partial charge in [-0.1, -0.05) is 0 Å². The van der Waals surface area contributed by atoms with Gasteiger partial charge in [-0.2, -0.15) is 0 Å². The van der Waals surface area contributed by atoms with Crippen LogP contribution in [0.5, 0.6) is 0 Å². The normalized spacial score (nSPS) is 12.0. The van der Waals surface area contributed by atoms with Crippen molar-refractivity contribution in [3.8, 4) is 0 Å². The number of hydrogen-bond donors (Lipinski definition) is 3. The Morgan fingerprint density at radius 2 is 1.77 bits per heavy atom. The lowest BCUT2D eigenvalue weighted by molar-refractivity contribution is -0.136. The maximum absolute atomic E-state index is 13.5. The molecule has 3 N–H and O–H groups in total. The van der Waals surface area contributed by atoms with E-state index in [4.69, 9.17) is 4.74 Å². The standard InChI is InChI=1S/C26H27FN4O7S/c1-26(2,3)38-25(35)31(12-11-21(32)33)20-14-28-23-22(20)18-13-17(9-10-19(18)29-24(23)34)39(36,37)30(4)16-7-5-15(27)6-8-16/h5-10,13-14,28H,11-12H2,1-4H3,(H,29,34)(H,32,33). The molecule has 0 radical (unpaired) electrons. The average Bonchev–Trinajstić information content (AvgIpc) is 3.28. The van der Waals surface area contributed by atoms with E-state index >= 15 is 0 Å². The number of carbonyl (C=O) groups excluding carboxylic acids is 1. The van der Waals surface area contributed by atoms with E-state index in [-0.39, 0.29) is 33.7 Å². The van der Waals surface area contributed by atoms with E-state index < -0.39 is 45.5 Å². The van der Waals surface area contributed by atoms with E-state index in [0.717, 1.165) is 21.3 Å². The molecule has 1 amide bonds. The molecule has 0 saturated carbocycles. The highest BCUT2D eigenvalue weighted by Crippen LogP contribution is 2.34. The fourth-order valence-electron chi connectivity index (χ4n) is 4.04. The van der Waals surface area contributed by atoms with E-state index in [1.54, 1.807) is 20.8 Å². The molecule has 4 aromatic rings. The van der Waals surface area contributed by atoms with Crippen LogP contribution in [0.2, 0.25) is 0 Å². The Balaban J connectivity index is 1.91. The Kier molecular flexibility index (Phi) is 7.13. The highest BCUT2D eigenvalue weighted by Gasteiger charge is 2.28. The number of aliphatic carboxylic acids is 1. The number of rotatable bonds is 7. The van der Waals surface area contributed by atoms with Gasteiger partial charge in [0.15, 0.2) is 0 Å². The second-order valence-electron chi connectivity index (χ2n) is 9.81. The molecule has 39 heavy (non-hydrogen) atoms. The Labute approximate surface area is 222 Å². The number of benzene rings is 2. The first kappa shape index (κ1) is 27.6. The Morgan fingerprint density at radius 1 is 1.10 bits per heavy atom. The van der Waals surface area contributed by atoms with Crippen molar-refractivity contribution in [1.29, 1.82) is 0 Å². The number of sulfonamides is 1. The molecule has 11 nitrogen and oxygen atoms in total. The van der Waals surface area contributed by atoms with Gasteiger partial charge in [0.2, 0.25) is 0 Å². The van der Waals surface area contributed by atoms with Crippen molar-refractivity contribution >= 4 is 55.3 Å². The minimum absolute atomic E-state index is 0.0582. The van der Waals surface area contributed by atoms with Gasteiger partial charge < -0.3 is 19.8 Å². The van der Waals surface area contributed by atoms with Gasteiger partial charge in [0.25, 0.3) is 15.6 Å². The number of H-pyrrole nitrogens is 2. The van der Waals surface area contributed by atoms with Crippen LogP contribution in [0.3, 0.4) is 0 Å². The fraction of sp³-hybridized carbons (Fsp3) is 0.269. The van der Waals surface area contributed by atoms with Crippen molar-refractivity contribution in [2.24, 2.45) is 0 Å². The maximum Gasteiger partial charge on any atom is 0.414 e. The lowest BCUT2D eigenvalue weighted by Crippen LogP contribution is -2.38. The monoisotopic (exact) mass is 558 g/mol. The molecule has 0 fully saturated rings. The Bertz CT molecular complexity index is 1740. The zero-order chi connectivity index (χ0) is 28.7. The van der Waals surface area contributed by atoms with Crippen LogP contribution < -0.4 is 14.8 Å². The molecule has 0 saturated heterocycles. The lowest BCUT2D eigenvalue weighted by atomic mass is 10.1. The van der Waals surface area contributed by atoms with Crippen LogP contribution >= 0.6 is 0 Å². The number of pyridine rings is 1. The first-order chi connectivity index (χ1) is 18.2. The first-order valence-electron chi connectivity index (χ1n) is 11.8. The van der Waals surface area contributed by atoms with Gasteiger partial charge in [-0.25, -0.2) is 17.6 Å². The molecule has 2 heterocycles. The molecule has 13 heteroatoms. The molecule has 2 aromatic heterocycles. The lowest BCUT2D eigenvalue weighted by Gasteiger charge is -2.27. The van der Waals surface area contributed by atoms with Crippen molar-refractivity contribution in [3.05, 3.63) is 64.8 Å². The van der Waals surface area contributed by atoms with Gasteiger partial charge in [0.1, 0.15) is 16.9 Å². The number of carboxylic acids is 1. The van der Waals surface area contributed by atoms with Gasteiger partial charge >= 0.3 is 12.1 Å². The van der Waals surface area contributed by atoms with E-state index in [1.807, 2.05) is 0 Å². The Hall–Kier alpha value is -4.39. The molecule has 0 aliphatic carbocycles. The summed E-state index contributed by atoms with van der Waals surface area (Å²) in [5.41, 5.74) is -0.684. The summed E-state index contributed by atoms with van der Waals surface area (Å²) in [5, 5.41) is 9.76. The smallest absolute Gasteiger partial charge is 0.414 e. The SMILES string of the molecule is CN(c1ccc(F)cc1)S(=O)(=O)c1ccc2[nH]c(=O)c3[nH]cc(N(CCC(=O)O)C(=O)OC(C)(C)C)c3c2c1. The second kappa shape index (κ2) is 10.1. The van der Waals surface area contributed by atoms with Crippen molar-refractivity contribution in [2.45, 2.75) is 37.7 Å². The van der Waals surface area contributed by atoms with Crippen LogP contribution in [-0.4, -0.2) is 54.7 Å². The molecule has 0 aliphatic rings. The quantitative estimate of drug-likeness (QED) is 0.307. The number of hydrogen-bond acceptors (Lipinski definition) is 6. The summed E-state index contributed by atoms with van der Waals surface area (Å²) in [6.07, 6.45) is 0.129. The number of carboxylic acid groups (broad SMARTS) is 1. The summed E-state index contributed by atoms with van der Waals surface area (Å²) in [6.45, 7) is 4.70. The van der Waals surface area contributed by atoms with Crippen LogP contribution in [0.1, 0.15) is 27.2 Å². The molecule has 0 spiro atoms. The van der Waals surface area contributed by atoms with Gasteiger partial charge in [-0.15, -0.1) is 0 Å². The molecule has 206 valence electrons. The van der Waals surface area contributed by atoms with Crippen LogP contribution in [0.25, 0.3) is 21.8 Å². The third kappa shape index (κ3) is 5.58. The van der Waals surface area contributed by atoms with Gasteiger partial charge in [0, 0.05) is 36.1 Å². The molecule has 0 bridgehead atoms. The molecular weight excluding hydrogens is 531 g/mol. The number of fused-ring (bicyclic) bond motifs is 3. The first-order valence-corrected chi connectivity index (χ1v) is 13.3. The van der Waals surface area contributed by atoms with Crippen LogP contribution in [0.15, 0.2) is 58.4 Å². The summed E-state index contributed by atoms with van der Waals surface area (Å²) in [7, 11) is -2.80. The summed E-state index contributed by atoms with van der Waals surface area (Å²) in [4.78, 5) is 43.7. The number of ether oxygens (including phenoxy) is 1. The van der Waals surface area contributed by atoms with E-state index in [1.165, 1.54) is 43.6 Å². The zero-order valence-electron chi connectivity index (χ0n) is 21.6. The third-order valence-electron chi connectivity index (χ3n) is 5.90. The molecule has 0 aliphatic heterocycles. The number of halogens is 1. The zero-order valence-corrected chi connectivity index (χ0v) is 22.4. The van der Waals surface area contributed by atoms with E-state index in [2.05, 4.69) is 9.97 Å². The maximum atomic E-state index is 13.5. The van der Waals surface area contributed by atoms with Crippen molar-refractivity contribution in [2.75, 3.05) is 22.8 Å². The van der Waals surface area contributed by atoms with Crippen LogP contribution in [0, 0.1) is 5.82 Å². The number of anilines is 2. The van der Waals surface area contributed by atoms with Crippen LogP contribution in [-0.2, 0) is 19.6 Å². The number of nitrogens with zero attached hydrogens (tertiary/aromatic N) is 2. The van der Waals surface area contributed by atoms with Crippen molar-refractivity contribution in [1.82, 2.24) is 9.97 Å². The predicted molar refractivity (Wildman–Crippen MR) is 144 cm³/mol. The summed E-state index contributed by atoms with van der Waals surface area (Å²) in [6, 6.07) is 9.04. The molecule has 0 atom stereocenters. The highest BCUT2D eigenvalue weighted by molar-refractivity contribution is 7.92. The molecule has 2 aromatic carbocycles. The van der Waals surface area contributed by atoms with E-state index in [0.29, 0.717) is 10.9 Å². The van der Waals surface area contributed by atoms with Crippen molar-refractivity contribution < 1.29 is 32.2 Å². The van der Waals surface area contributed by atoms with Gasteiger partial charge in [-0.3, -0.25) is 18.8 Å². The van der Waals surface area contributed by atoms with Gasteiger partial charge in [-0.05, 0) is 63.2 Å². The molecular formula is C26H27FN4O7S. The van der Waals surface area contributed by atoms with Crippen LogP contribution in [0.4, 0.5) is 20.6 Å². The highest BCUT2D eigenvalue weighted by atomic mass is 32.2. The number of amides is 1. The minimum Gasteiger partial charge on any atom is -0.481 e. The third-order valence-corrected chi connectivity index (χ3v) is 7.68. The fourth-order valence-corrected chi connectivity index (χ4v) is 5.27. The Morgan fingerprint density at radius 3 is 2.38 bits per heavy atom. The summed E-state index contributed by atoms with van der Waals surface area (Å²) < 4.78 is 46.8. The number of aromatic amines is 2.